The molecular formula is C17H16N4. The van der Waals surface area contributed by atoms with Crippen LogP contribution in [0.2, 0.25) is 0 Å². The predicted octanol–water partition coefficient (Wildman–Crippen LogP) is 3.41. The van der Waals surface area contributed by atoms with Gasteiger partial charge >= 0.3 is 0 Å². The topological polar surface area (TPSA) is 66.6 Å². The standard InChI is InChI=1S/C17H16N4/c18-10-13(11-19)17(21-8-4-1-5-9-21)15-12-20-16-7-3-2-6-14(15)16/h2-3,6-7,12,20H,1,4-5,8-9H2. The van der Waals surface area contributed by atoms with Crippen molar-refractivity contribution in [2.45, 2.75) is 19.3 Å². The number of H-pyrrole nitrogens is 1. The van der Waals surface area contributed by atoms with Gasteiger partial charge in [0, 0.05) is 35.8 Å². The Labute approximate surface area is 123 Å². The molecule has 0 bridgehead atoms. The molecule has 0 radical (unpaired) electrons. The molecule has 1 N–H and O–H groups in total. The molecule has 0 unspecified atom stereocenters. The van der Waals surface area contributed by atoms with Crippen LogP contribution >= 0.6 is 0 Å². The number of benzene rings is 1. The summed E-state index contributed by atoms with van der Waals surface area (Å²) < 4.78 is 0. The molecule has 1 aliphatic rings. The fraction of sp³-hybridized carbons (Fsp3) is 0.294. The lowest BCUT2D eigenvalue weighted by molar-refractivity contribution is 0.325. The van der Waals surface area contributed by atoms with Crippen LogP contribution in [0, 0.1) is 22.7 Å². The fourth-order valence-electron chi connectivity index (χ4n) is 2.98. The largest absolute Gasteiger partial charge is 0.369 e. The number of nitriles is 2. The molecule has 1 fully saturated rings. The van der Waals surface area contributed by atoms with Gasteiger partial charge in [-0.05, 0) is 25.3 Å². The number of nitrogens with zero attached hydrogens (tertiary/aromatic N) is 3. The van der Waals surface area contributed by atoms with Crippen LogP contribution in [0.25, 0.3) is 16.6 Å². The van der Waals surface area contributed by atoms with Crippen LogP contribution < -0.4 is 0 Å². The summed E-state index contributed by atoms with van der Waals surface area (Å²) in [7, 11) is 0. The molecule has 0 saturated carbocycles. The molecule has 1 saturated heterocycles. The van der Waals surface area contributed by atoms with Gasteiger partial charge in [0.15, 0.2) is 5.57 Å². The third kappa shape index (κ3) is 2.37. The summed E-state index contributed by atoms with van der Waals surface area (Å²) in [5.41, 5.74) is 2.95. The lowest BCUT2D eigenvalue weighted by Gasteiger charge is -2.31. The molecule has 104 valence electrons. The average Bonchev–Trinajstić information content (AvgIpc) is 2.97. The van der Waals surface area contributed by atoms with E-state index in [0.29, 0.717) is 0 Å². The second-order valence-corrected chi connectivity index (χ2v) is 5.24. The van der Waals surface area contributed by atoms with Crippen molar-refractivity contribution >= 4 is 16.6 Å². The van der Waals surface area contributed by atoms with Crippen LogP contribution in [-0.2, 0) is 0 Å². The van der Waals surface area contributed by atoms with Gasteiger partial charge in [-0.1, -0.05) is 18.2 Å². The Balaban J connectivity index is 2.18. The van der Waals surface area contributed by atoms with E-state index >= 15 is 0 Å². The van der Waals surface area contributed by atoms with Crippen molar-refractivity contribution in [1.29, 1.82) is 10.5 Å². The highest BCUT2D eigenvalue weighted by atomic mass is 15.1. The maximum absolute atomic E-state index is 9.33. The van der Waals surface area contributed by atoms with Crippen molar-refractivity contribution in [3.05, 3.63) is 41.6 Å². The third-order valence-corrected chi connectivity index (χ3v) is 3.98. The number of hydrogen-bond donors (Lipinski definition) is 1. The van der Waals surface area contributed by atoms with E-state index in [4.69, 9.17) is 0 Å². The molecule has 1 aromatic heterocycles. The van der Waals surface area contributed by atoms with Crippen LogP contribution in [0.4, 0.5) is 0 Å². The highest BCUT2D eigenvalue weighted by molar-refractivity contribution is 5.94. The summed E-state index contributed by atoms with van der Waals surface area (Å²) >= 11 is 0. The Hall–Kier alpha value is -2.72. The maximum atomic E-state index is 9.33. The lowest BCUT2D eigenvalue weighted by atomic mass is 10.0. The minimum absolute atomic E-state index is 0.196. The molecule has 2 heterocycles. The predicted molar refractivity (Wildman–Crippen MR) is 81.9 cm³/mol. The molecule has 3 rings (SSSR count). The van der Waals surface area contributed by atoms with E-state index in [0.717, 1.165) is 48.1 Å². The van der Waals surface area contributed by atoms with E-state index in [1.165, 1.54) is 6.42 Å². The van der Waals surface area contributed by atoms with Crippen LogP contribution in [0.3, 0.4) is 0 Å². The minimum Gasteiger partial charge on any atom is -0.369 e. The first-order valence-electron chi connectivity index (χ1n) is 7.21. The van der Waals surface area contributed by atoms with Gasteiger partial charge in [-0.25, -0.2) is 0 Å². The average molecular weight is 276 g/mol. The van der Waals surface area contributed by atoms with Gasteiger partial charge in [-0.2, -0.15) is 10.5 Å². The smallest absolute Gasteiger partial charge is 0.153 e. The van der Waals surface area contributed by atoms with Crippen molar-refractivity contribution in [2.24, 2.45) is 0 Å². The van der Waals surface area contributed by atoms with Gasteiger partial charge in [0.2, 0.25) is 0 Å². The number of allylic oxidation sites excluding steroid dienone is 1. The van der Waals surface area contributed by atoms with E-state index in [2.05, 4.69) is 22.0 Å². The molecule has 0 spiro atoms. The first-order chi connectivity index (χ1) is 10.3. The number of rotatable bonds is 2. The van der Waals surface area contributed by atoms with Crippen molar-refractivity contribution < 1.29 is 0 Å². The van der Waals surface area contributed by atoms with Crippen molar-refractivity contribution in [1.82, 2.24) is 9.88 Å². The number of likely N-dealkylation sites (tertiary alicyclic amines) is 1. The number of hydrogen-bond acceptors (Lipinski definition) is 3. The number of aromatic nitrogens is 1. The number of piperidine rings is 1. The Morgan fingerprint density at radius 1 is 1.05 bits per heavy atom. The summed E-state index contributed by atoms with van der Waals surface area (Å²) in [4.78, 5) is 5.41. The number of fused-ring (bicyclic) bond motifs is 1. The summed E-state index contributed by atoms with van der Waals surface area (Å²) in [6.45, 7) is 1.81. The molecule has 2 aromatic rings. The van der Waals surface area contributed by atoms with Crippen LogP contribution in [0.1, 0.15) is 24.8 Å². The molecular weight excluding hydrogens is 260 g/mol. The lowest BCUT2D eigenvalue weighted by Crippen LogP contribution is -2.29. The van der Waals surface area contributed by atoms with Crippen LogP contribution in [-0.4, -0.2) is 23.0 Å². The van der Waals surface area contributed by atoms with E-state index in [-0.39, 0.29) is 5.57 Å². The van der Waals surface area contributed by atoms with Crippen LogP contribution in [0.5, 0.6) is 0 Å². The Morgan fingerprint density at radius 3 is 2.48 bits per heavy atom. The van der Waals surface area contributed by atoms with Gasteiger partial charge < -0.3 is 9.88 Å². The first kappa shape index (κ1) is 13.3. The Morgan fingerprint density at radius 2 is 1.76 bits per heavy atom. The zero-order valence-corrected chi connectivity index (χ0v) is 11.8. The highest BCUT2D eigenvalue weighted by Gasteiger charge is 2.21. The summed E-state index contributed by atoms with van der Waals surface area (Å²) in [5, 5.41) is 19.7. The summed E-state index contributed by atoms with van der Waals surface area (Å²) in [6, 6.07) is 12.1. The number of nitrogens with one attached hydrogen (secondary N) is 1. The SMILES string of the molecule is N#CC(C#N)=C(c1c[nH]c2ccccc12)N1CCCCC1. The van der Waals surface area contributed by atoms with E-state index < -0.39 is 0 Å². The first-order valence-corrected chi connectivity index (χ1v) is 7.21. The quantitative estimate of drug-likeness (QED) is 0.855. The van der Waals surface area contributed by atoms with Gasteiger partial charge in [0.1, 0.15) is 12.1 Å². The van der Waals surface area contributed by atoms with Gasteiger partial charge in [-0.3, -0.25) is 0 Å². The second kappa shape index (κ2) is 5.73. The molecule has 0 atom stereocenters. The van der Waals surface area contributed by atoms with Crippen molar-refractivity contribution in [3.8, 4) is 12.1 Å². The number of aromatic amines is 1. The maximum Gasteiger partial charge on any atom is 0.153 e. The van der Waals surface area contributed by atoms with Crippen LogP contribution in [0.15, 0.2) is 36.0 Å². The van der Waals surface area contributed by atoms with Gasteiger partial charge in [-0.15, -0.1) is 0 Å². The Kier molecular flexibility index (Phi) is 3.62. The van der Waals surface area contributed by atoms with E-state index in [1.54, 1.807) is 0 Å². The third-order valence-electron chi connectivity index (χ3n) is 3.98. The summed E-state index contributed by atoms with van der Waals surface area (Å²) in [5.74, 6) is 0. The molecule has 21 heavy (non-hydrogen) atoms. The van der Waals surface area contributed by atoms with Crippen molar-refractivity contribution in [3.63, 3.8) is 0 Å². The number of para-hydroxylation sites is 1. The Bertz CT molecular complexity index is 748. The van der Waals surface area contributed by atoms with Crippen molar-refractivity contribution in [2.75, 3.05) is 13.1 Å². The minimum atomic E-state index is 0.196. The normalized spacial score (nSPS) is 14.5. The molecule has 1 aromatic carbocycles. The molecule has 1 aliphatic heterocycles. The summed E-state index contributed by atoms with van der Waals surface area (Å²) in [6.07, 6.45) is 5.33. The molecule has 4 heteroatoms. The van der Waals surface area contributed by atoms with Gasteiger partial charge in [0.05, 0.1) is 5.70 Å². The van der Waals surface area contributed by atoms with Gasteiger partial charge in [0.25, 0.3) is 0 Å². The zero-order valence-electron chi connectivity index (χ0n) is 11.8. The zero-order chi connectivity index (χ0) is 14.7. The molecule has 0 amide bonds. The highest BCUT2D eigenvalue weighted by Crippen LogP contribution is 2.31. The van der Waals surface area contributed by atoms with E-state index in [9.17, 15) is 10.5 Å². The van der Waals surface area contributed by atoms with E-state index in [1.807, 2.05) is 30.5 Å². The molecule has 4 nitrogen and oxygen atoms in total. The monoisotopic (exact) mass is 276 g/mol. The molecule has 0 aliphatic carbocycles. The second-order valence-electron chi connectivity index (χ2n) is 5.24. The fourth-order valence-corrected chi connectivity index (χ4v) is 2.98.